The Kier molecular flexibility index (Phi) is 4.72. The largest absolute Gasteiger partial charge is 0.336 e. The smallest absolute Gasteiger partial charge is 0.254 e. The van der Waals surface area contributed by atoms with Gasteiger partial charge in [0.2, 0.25) is 0 Å². The number of likely N-dealkylation sites (N-methyl/N-ethyl adjacent to an activating group) is 1. The van der Waals surface area contributed by atoms with Gasteiger partial charge in [-0.1, -0.05) is 48.0 Å². The summed E-state index contributed by atoms with van der Waals surface area (Å²) in [5, 5.41) is 0. The predicted octanol–water partition coefficient (Wildman–Crippen LogP) is 3.47. The lowest BCUT2D eigenvalue weighted by atomic mass is 9.93. The molecule has 24 heavy (non-hydrogen) atoms. The van der Waals surface area contributed by atoms with Crippen LogP contribution in [0, 0.1) is 13.8 Å². The lowest BCUT2D eigenvalue weighted by Gasteiger charge is -2.25. The summed E-state index contributed by atoms with van der Waals surface area (Å²) in [6.07, 6.45) is 0. The molecule has 3 nitrogen and oxygen atoms in total. The maximum absolute atomic E-state index is 13.0. The highest BCUT2D eigenvalue weighted by Crippen LogP contribution is 2.31. The molecule has 0 aromatic heterocycles. The van der Waals surface area contributed by atoms with Crippen molar-refractivity contribution in [2.45, 2.75) is 25.8 Å². The van der Waals surface area contributed by atoms with Crippen molar-refractivity contribution in [3.05, 3.63) is 70.8 Å². The van der Waals surface area contributed by atoms with Crippen molar-refractivity contribution < 1.29 is 4.79 Å². The summed E-state index contributed by atoms with van der Waals surface area (Å²) >= 11 is 0. The van der Waals surface area contributed by atoms with Crippen molar-refractivity contribution >= 4 is 5.91 Å². The van der Waals surface area contributed by atoms with E-state index in [9.17, 15) is 4.79 Å². The molecular formula is C21H26N2O. The summed E-state index contributed by atoms with van der Waals surface area (Å²) in [6.45, 7) is 5.66. The van der Waals surface area contributed by atoms with Crippen LogP contribution in [0.5, 0.6) is 0 Å². The Labute approximate surface area is 144 Å². The van der Waals surface area contributed by atoms with E-state index in [1.807, 2.05) is 36.1 Å². The van der Waals surface area contributed by atoms with E-state index in [2.05, 4.69) is 50.2 Å². The van der Waals surface area contributed by atoms with E-state index >= 15 is 0 Å². The first kappa shape index (κ1) is 16.7. The maximum atomic E-state index is 13.0. The second-order valence-corrected chi connectivity index (χ2v) is 7.07. The number of nitrogens with zero attached hydrogens (tertiary/aromatic N) is 2. The molecular weight excluding hydrogens is 296 g/mol. The Morgan fingerprint density at radius 3 is 2.29 bits per heavy atom. The van der Waals surface area contributed by atoms with E-state index in [0.29, 0.717) is 12.0 Å². The van der Waals surface area contributed by atoms with Gasteiger partial charge in [-0.25, -0.2) is 0 Å². The molecule has 0 unspecified atom stereocenters. The van der Waals surface area contributed by atoms with Gasteiger partial charge in [0.25, 0.3) is 5.91 Å². The average molecular weight is 322 g/mol. The summed E-state index contributed by atoms with van der Waals surface area (Å²) in [6, 6.07) is 16.9. The van der Waals surface area contributed by atoms with Crippen LogP contribution in [0.3, 0.4) is 0 Å². The third kappa shape index (κ3) is 3.22. The predicted molar refractivity (Wildman–Crippen MR) is 98.5 cm³/mol. The fraction of sp³-hybridized carbons (Fsp3) is 0.381. The lowest BCUT2D eigenvalue weighted by molar-refractivity contribution is 0.0781. The van der Waals surface area contributed by atoms with Gasteiger partial charge in [0.1, 0.15) is 0 Å². The van der Waals surface area contributed by atoms with Crippen molar-refractivity contribution in [3.63, 3.8) is 0 Å². The van der Waals surface area contributed by atoms with E-state index in [0.717, 1.165) is 24.2 Å². The van der Waals surface area contributed by atoms with Crippen LogP contribution in [-0.2, 0) is 0 Å². The van der Waals surface area contributed by atoms with Crippen LogP contribution in [0.4, 0.5) is 0 Å². The van der Waals surface area contributed by atoms with Gasteiger partial charge < -0.3 is 9.80 Å². The second kappa shape index (κ2) is 6.78. The molecule has 126 valence electrons. The number of amides is 1. The number of benzene rings is 2. The number of carbonyl (C=O) groups is 1. The molecule has 0 aliphatic carbocycles. The highest BCUT2D eigenvalue weighted by Gasteiger charge is 2.37. The molecule has 2 atom stereocenters. The van der Waals surface area contributed by atoms with Crippen molar-refractivity contribution in [1.29, 1.82) is 0 Å². The molecule has 2 aromatic rings. The van der Waals surface area contributed by atoms with Crippen LogP contribution in [-0.4, -0.2) is 48.9 Å². The van der Waals surface area contributed by atoms with Crippen LogP contribution >= 0.6 is 0 Å². The quantitative estimate of drug-likeness (QED) is 0.864. The maximum Gasteiger partial charge on any atom is 0.254 e. The highest BCUT2D eigenvalue weighted by atomic mass is 16.2. The van der Waals surface area contributed by atoms with Gasteiger partial charge >= 0.3 is 0 Å². The highest BCUT2D eigenvalue weighted by molar-refractivity contribution is 5.95. The molecule has 1 fully saturated rings. The number of carbonyl (C=O) groups excluding carboxylic acids is 1. The van der Waals surface area contributed by atoms with E-state index < -0.39 is 0 Å². The van der Waals surface area contributed by atoms with Gasteiger partial charge in [-0.2, -0.15) is 0 Å². The number of aryl methyl sites for hydroxylation is 2. The Hall–Kier alpha value is -2.13. The molecule has 0 saturated carbocycles. The lowest BCUT2D eigenvalue weighted by Crippen LogP contribution is -2.36. The fourth-order valence-electron chi connectivity index (χ4n) is 3.60. The molecule has 2 aromatic carbocycles. The molecule has 1 amide bonds. The summed E-state index contributed by atoms with van der Waals surface area (Å²) in [7, 11) is 4.21. The van der Waals surface area contributed by atoms with E-state index in [1.54, 1.807) is 0 Å². The van der Waals surface area contributed by atoms with Gasteiger partial charge in [-0.3, -0.25) is 4.79 Å². The zero-order chi connectivity index (χ0) is 17.3. The zero-order valence-electron chi connectivity index (χ0n) is 15.0. The van der Waals surface area contributed by atoms with Crippen LogP contribution in [0.15, 0.2) is 48.5 Å². The van der Waals surface area contributed by atoms with Gasteiger partial charge in [0.05, 0.1) is 0 Å². The van der Waals surface area contributed by atoms with Crippen molar-refractivity contribution in [2.75, 3.05) is 27.2 Å². The zero-order valence-corrected chi connectivity index (χ0v) is 15.0. The topological polar surface area (TPSA) is 23.6 Å². The minimum Gasteiger partial charge on any atom is -0.336 e. The standard InChI is InChI=1S/C21H26N2O/c1-15-9-11-17(12-10-15)19-13-23(14-20(19)22(3)4)21(24)18-8-6-5-7-16(18)2/h5-12,19-20H,13-14H2,1-4H3/t19-,20+/m0/s1. The minimum absolute atomic E-state index is 0.148. The Morgan fingerprint density at radius 2 is 1.67 bits per heavy atom. The fourth-order valence-corrected chi connectivity index (χ4v) is 3.60. The second-order valence-electron chi connectivity index (χ2n) is 7.07. The van der Waals surface area contributed by atoms with Gasteiger partial charge in [0.15, 0.2) is 0 Å². The molecule has 3 heteroatoms. The van der Waals surface area contributed by atoms with Crippen molar-refractivity contribution in [1.82, 2.24) is 9.80 Å². The average Bonchev–Trinajstić information content (AvgIpc) is 3.01. The molecule has 0 N–H and O–H groups in total. The third-order valence-corrected chi connectivity index (χ3v) is 5.12. The first-order chi connectivity index (χ1) is 11.5. The minimum atomic E-state index is 0.148. The first-order valence-electron chi connectivity index (χ1n) is 8.55. The van der Waals surface area contributed by atoms with Crippen LogP contribution < -0.4 is 0 Å². The molecule has 1 heterocycles. The summed E-state index contributed by atoms with van der Waals surface area (Å²) in [4.78, 5) is 17.2. The SMILES string of the molecule is Cc1ccc([C@@H]2CN(C(=O)c3ccccc3C)C[C@H]2N(C)C)cc1. The van der Waals surface area contributed by atoms with E-state index in [1.165, 1.54) is 11.1 Å². The molecule has 1 aliphatic rings. The molecule has 0 bridgehead atoms. The third-order valence-electron chi connectivity index (χ3n) is 5.12. The van der Waals surface area contributed by atoms with Crippen LogP contribution in [0.25, 0.3) is 0 Å². The summed E-state index contributed by atoms with van der Waals surface area (Å²) in [5.74, 6) is 0.503. The first-order valence-corrected chi connectivity index (χ1v) is 8.55. The van der Waals surface area contributed by atoms with Crippen molar-refractivity contribution in [3.8, 4) is 0 Å². The Balaban J connectivity index is 1.86. The summed E-state index contributed by atoms with van der Waals surface area (Å²) in [5.41, 5.74) is 4.45. The number of hydrogen-bond donors (Lipinski definition) is 0. The van der Waals surface area contributed by atoms with Crippen LogP contribution in [0.2, 0.25) is 0 Å². The number of hydrogen-bond acceptors (Lipinski definition) is 2. The van der Waals surface area contributed by atoms with Gasteiger partial charge in [0, 0.05) is 30.6 Å². The molecule has 0 spiro atoms. The molecule has 1 saturated heterocycles. The van der Waals surface area contributed by atoms with Gasteiger partial charge in [-0.15, -0.1) is 0 Å². The Bertz CT molecular complexity index is 721. The molecule has 1 aliphatic heterocycles. The number of likely N-dealkylation sites (tertiary alicyclic amines) is 1. The molecule has 0 radical (unpaired) electrons. The van der Waals surface area contributed by atoms with Crippen molar-refractivity contribution in [2.24, 2.45) is 0 Å². The Morgan fingerprint density at radius 1 is 1.00 bits per heavy atom. The van der Waals surface area contributed by atoms with E-state index in [4.69, 9.17) is 0 Å². The normalized spacial score (nSPS) is 20.6. The van der Waals surface area contributed by atoms with Gasteiger partial charge in [-0.05, 0) is 45.1 Å². The van der Waals surface area contributed by atoms with E-state index in [-0.39, 0.29) is 5.91 Å². The number of rotatable bonds is 3. The summed E-state index contributed by atoms with van der Waals surface area (Å²) < 4.78 is 0. The molecule has 3 rings (SSSR count). The van der Waals surface area contributed by atoms with Crippen LogP contribution in [0.1, 0.15) is 33.0 Å². The monoisotopic (exact) mass is 322 g/mol.